The van der Waals surface area contributed by atoms with Gasteiger partial charge >= 0.3 is 0 Å². The fourth-order valence-corrected chi connectivity index (χ4v) is 3.96. The molecule has 0 bridgehead atoms. The van der Waals surface area contributed by atoms with Crippen LogP contribution in [-0.4, -0.2) is 15.0 Å². The average molecular weight is 306 g/mol. The molecular weight excluding hydrogens is 292 g/mol. The predicted octanol–water partition coefficient (Wildman–Crippen LogP) is 2.53. The molecule has 0 amide bonds. The predicted molar refractivity (Wildman–Crippen MR) is 79.0 cm³/mol. The molecule has 4 nitrogen and oxygen atoms in total. The van der Waals surface area contributed by atoms with Crippen LogP contribution in [0.1, 0.15) is 16.9 Å². The summed E-state index contributed by atoms with van der Waals surface area (Å²) >= 11 is 0.983. The van der Waals surface area contributed by atoms with Gasteiger partial charge in [0.15, 0.2) is 0 Å². The van der Waals surface area contributed by atoms with E-state index in [-0.39, 0.29) is 4.21 Å². The lowest BCUT2D eigenvalue weighted by molar-refractivity contribution is 0.581. The summed E-state index contributed by atoms with van der Waals surface area (Å²) in [6.45, 7) is 0.386. The lowest BCUT2D eigenvalue weighted by Gasteiger charge is -2.04. The van der Waals surface area contributed by atoms with Crippen molar-refractivity contribution in [2.45, 2.75) is 17.1 Å². The summed E-state index contributed by atoms with van der Waals surface area (Å²) in [6.07, 6.45) is 1.57. The second-order valence-corrected chi connectivity index (χ2v) is 7.29. The maximum atomic E-state index is 12.0. The summed E-state index contributed by atoms with van der Waals surface area (Å²) in [5.74, 6) is 0. The molecule has 0 saturated heterocycles. The highest BCUT2D eigenvalue weighted by Gasteiger charge is 2.15. The quantitative estimate of drug-likeness (QED) is 0.834. The zero-order valence-electron chi connectivity index (χ0n) is 10.7. The molecule has 0 spiro atoms. The van der Waals surface area contributed by atoms with E-state index in [2.05, 4.69) is 4.72 Å². The van der Waals surface area contributed by atoms with Crippen molar-refractivity contribution in [3.05, 3.63) is 52.9 Å². The van der Waals surface area contributed by atoms with Crippen molar-refractivity contribution in [1.29, 1.82) is 5.26 Å². The van der Waals surface area contributed by atoms with Crippen molar-refractivity contribution in [2.24, 2.45) is 0 Å². The second-order valence-electron chi connectivity index (χ2n) is 4.22. The molecule has 1 aromatic carbocycles. The molecule has 1 heterocycles. The van der Waals surface area contributed by atoms with Gasteiger partial charge in [0.25, 0.3) is 0 Å². The Kier molecular flexibility index (Phi) is 4.90. The van der Waals surface area contributed by atoms with Crippen LogP contribution in [0, 0.1) is 11.3 Å². The van der Waals surface area contributed by atoms with Crippen LogP contribution in [0.2, 0.25) is 0 Å². The fourth-order valence-electron chi connectivity index (χ4n) is 1.74. The number of benzene rings is 1. The standard InChI is InChI=1S/C14H14N2O2S2/c15-11-13-8-9-14(19-13)20(17,18)16-10-4-7-12-5-2-1-3-6-12/h1-3,5-6,8-9,16H,4,7,10H2. The third-order valence-electron chi connectivity index (χ3n) is 2.73. The normalized spacial score (nSPS) is 11.2. The summed E-state index contributed by atoms with van der Waals surface area (Å²) in [4.78, 5) is 0.398. The molecule has 0 fully saturated rings. The molecule has 6 heteroatoms. The molecule has 1 aromatic heterocycles. The number of nitrogens with zero attached hydrogens (tertiary/aromatic N) is 1. The Hall–Kier alpha value is -1.68. The third kappa shape index (κ3) is 3.90. The number of rotatable bonds is 6. The molecule has 2 aromatic rings. The van der Waals surface area contributed by atoms with E-state index in [0.29, 0.717) is 11.4 Å². The van der Waals surface area contributed by atoms with Gasteiger partial charge in [-0.05, 0) is 30.5 Å². The molecule has 0 aliphatic rings. The number of aryl methyl sites for hydroxylation is 1. The fraction of sp³-hybridized carbons (Fsp3) is 0.214. The van der Waals surface area contributed by atoms with E-state index in [1.165, 1.54) is 17.7 Å². The van der Waals surface area contributed by atoms with Crippen LogP contribution in [0.3, 0.4) is 0 Å². The first-order chi connectivity index (χ1) is 9.62. The minimum Gasteiger partial charge on any atom is -0.210 e. The molecule has 0 radical (unpaired) electrons. The largest absolute Gasteiger partial charge is 0.250 e. The van der Waals surface area contributed by atoms with Gasteiger partial charge in [0.05, 0.1) is 0 Å². The number of hydrogen-bond acceptors (Lipinski definition) is 4. The number of nitrogens with one attached hydrogen (secondary N) is 1. The summed E-state index contributed by atoms with van der Waals surface area (Å²) in [6, 6.07) is 14.8. The molecule has 0 aliphatic carbocycles. The second kappa shape index (κ2) is 6.66. The van der Waals surface area contributed by atoms with Crippen LogP contribution < -0.4 is 4.72 Å². The van der Waals surface area contributed by atoms with E-state index in [0.717, 1.165) is 24.2 Å². The molecule has 0 unspecified atom stereocenters. The van der Waals surface area contributed by atoms with Crippen molar-refractivity contribution in [1.82, 2.24) is 4.72 Å². The van der Waals surface area contributed by atoms with Crippen LogP contribution in [0.15, 0.2) is 46.7 Å². The Morgan fingerprint density at radius 3 is 2.55 bits per heavy atom. The summed E-state index contributed by atoms with van der Waals surface area (Å²) in [5, 5.41) is 8.70. The Balaban J connectivity index is 1.85. The van der Waals surface area contributed by atoms with E-state index >= 15 is 0 Å². The smallest absolute Gasteiger partial charge is 0.210 e. The zero-order valence-corrected chi connectivity index (χ0v) is 12.4. The highest BCUT2D eigenvalue weighted by molar-refractivity contribution is 7.91. The minimum absolute atomic E-state index is 0.189. The molecule has 20 heavy (non-hydrogen) atoms. The average Bonchev–Trinajstić information content (AvgIpc) is 2.95. The summed E-state index contributed by atoms with van der Waals surface area (Å²) in [5.41, 5.74) is 1.19. The zero-order chi connectivity index (χ0) is 14.4. The van der Waals surface area contributed by atoms with Crippen LogP contribution in [0.25, 0.3) is 0 Å². The van der Waals surface area contributed by atoms with Gasteiger partial charge < -0.3 is 0 Å². The van der Waals surface area contributed by atoms with Gasteiger partial charge in [0.1, 0.15) is 15.2 Å². The van der Waals surface area contributed by atoms with Crippen molar-refractivity contribution < 1.29 is 8.42 Å². The summed E-state index contributed by atoms with van der Waals surface area (Å²) < 4.78 is 26.7. The maximum absolute atomic E-state index is 12.0. The van der Waals surface area contributed by atoms with Crippen LogP contribution in [-0.2, 0) is 16.4 Å². The van der Waals surface area contributed by atoms with Gasteiger partial charge in [0, 0.05) is 6.54 Å². The SMILES string of the molecule is N#Cc1ccc(S(=O)(=O)NCCCc2ccccc2)s1. The lowest BCUT2D eigenvalue weighted by Crippen LogP contribution is -2.24. The van der Waals surface area contributed by atoms with Crippen molar-refractivity contribution >= 4 is 21.4 Å². The monoisotopic (exact) mass is 306 g/mol. The van der Waals surface area contributed by atoms with E-state index in [1.54, 1.807) is 0 Å². The highest BCUT2D eigenvalue weighted by Crippen LogP contribution is 2.20. The van der Waals surface area contributed by atoms with Gasteiger partial charge in [-0.1, -0.05) is 30.3 Å². The first-order valence-electron chi connectivity index (χ1n) is 6.15. The molecule has 0 saturated carbocycles. The van der Waals surface area contributed by atoms with Crippen molar-refractivity contribution in [3.63, 3.8) is 0 Å². The van der Waals surface area contributed by atoms with Crippen molar-refractivity contribution in [3.8, 4) is 6.07 Å². The Bertz CT molecular complexity index is 700. The molecule has 104 valence electrons. The number of sulfonamides is 1. The highest BCUT2D eigenvalue weighted by atomic mass is 32.2. The topological polar surface area (TPSA) is 70.0 Å². The lowest BCUT2D eigenvalue weighted by atomic mass is 10.1. The minimum atomic E-state index is -3.49. The van der Waals surface area contributed by atoms with E-state index < -0.39 is 10.0 Å². The first kappa shape index (κ1) is 14.7. The van der Waals surface area contributed by atoms with Crippen LogP contribution in [0.5, 0.6) is 0 Å². The van der Waals surface area contributed by atoms with Crippen LogP contribution >= 0.6 is 11.3 Å². The Morgan fingerprint density at radius 1 is 1.15 bits per heavy atom. The first-order valence-corrected chi connectivity index (χ1v) is 8.45. The Labute approximate surface area is 122 Å². The summed E-state index contributed by atoms with van der Waals surface area (Å²) in [7, 11) is -3.49. The molecular formula is C14H14N2O2S2. The maximum Gasteiger partial charge on any atom is 0.250 e. The molecule has 0 atom stereocenters. The van der Waals surface area contributed by atoms with E-state index in [9.17, 15) is 8.42 Å². The molecule has 1 N–H and O–H groups in total. The van der Waals surface area contributed by atoms with E-state index in [1.807, 2.05) is 36.4 Å². The van der Waals surface area contributed by atoms with Crippen LogP contribution in [0.4, 0.5) is 0 Å². The van der Waals surface area contributed by atoms with E-state index in [4.69, 9.17) is 5.26 Å². The third-order valence-corrected chi connectivity index (χ3v) is 5.68. The Morgan fingerprint density at radius 2 is 1.90 bits per heavy atom. The number of hydrogen-bond donors (Lipinski definition) is 1. The van der Waals surface area contributed by atoms with Crippen molar-refractivity contribution in [2.75, 3.05) is 6.54 Å². The number of nitriles is 1. The van der Waals surface area contributed by atoms with Gasteiger partial charge in [-0.25, -0.2) is 13.1 Å². The van der Waals surface area contributed by atoms with Gasteiger partial charge in [-0.15, -0.1) is 11.3 Å². The van der Waals surface area contributed by atoms with Gasteiger partial charge in [-0.2, -0.15) is 5.26 Å². The van der Waals surface area contributed by atoms with Gasteiger partial charge in [-0.3, -0.25) is 0 Å². The van der Waals surface area contributed by atoms with Gasteiger partial charge in [0.2, 0.25) is 10.0 Å². The number of thiophene rings is 1. The molecule has 0 aliphatic heterocycles. The molecule has 2 rings (SSSR count).